The fourth-order valence-electron chi connectivity index (χ4n) is 4.31. The topological polar surface area (TPSA) is 49.9 Å². The third-order valence-corrected chi connectivity index (χ3v) is 7.62. The summed E-state index contributed by atoms with van der Waals surface area (Å²) in [5, 5.41) is 0. The second-order valence-corrected chi connectivity index (χ2v) is 9.86. The van der Waals surface area contributed by atoms with Gasteiger partial charge in [-0.1, -0.05) is 17.7 Å². The largest absolute Gasteiger partial charge is 0.494 e. The maximum Gasteiger partial charge on any atom is 0.243 e. The van der Waals surface area contributed by atoms with Crippen molar-refractivity contribution < 1.29 is 13.2 Å². The van der Waals surface area contributed by atoms with E-state index in [1.165, 1.54) is 22.4 Å². The van der Waals surface area contributed by atoms with Crippen molar-refractivity contribution in [2.24, 2.45) is 0 Å². The minimum atomic E-state index is -3.53. The molecule has 29 heavy (non-hydrogen) atoms. The predicted molar refractivity (Wildman–Crippen MR) is 119 cm³/mol. The lowest BCUT2D eigenvalue weighted by molar-refractivity contribution is 0.337. The summed E-state index contributed by atoms with van der Waals surface area (Å²) in [6, 6.07) is 7.96. The summed E-state index contributed by atoms with van der Waals surface area (Å²) >= 11 is 0. The van der Waals surface area contributed by atoms with Crippen molar-refractivity contribution in [3.05, 3.63) is 52.1 Å². The Morgan fingerprint density at radius 2 is 1.41 bits per heavy atom. The van der Waals surface area contributed by atoms with Crippen LogP contribution in [0.1, 0.15) is 34.7 Å². The van der Waals surface area contributed by atoms with E-state index in [0.29, 0.717) is 37.7 Å². The van der Waals surface area contributed by atoms with Crippen molar-refractivity contribution in [3.63, 3.8) is 0 Å². The number of benzene rings is 2. The predicted octanol–water partition coefficient (Wildman–Crippen LogP) is 4.14. The van der Waals surface area contributed by atoms with Gasteiger partial charge in [-0.05, 0) is 75.9 Å². The zero-order valence-electron chi connectivity index (χ0n) is 18.4. The standard InChI is InChI=1S/C23H32N2O3S/c1-7-28-21-14-18(4)22(15-17(21)3)29(26,27)25-10-8-24(9-11-25)23-19(5)12-16(2)13-20(23)6/h12-15H,7-11H2,1-6H3. The van der Waals surface area contributed by atoms with Gasteiger partial charge in [0.1, 0.15) is 5.75 Å². The smallest absolute Gasteiger partial charge is 0.243 e. The van der Waals surface area contributed by atoms with Crippen LogP contribution in [0.15, 0.2) is 29.2 Å². The summed E-state index contributed by atoms with van der Waals surface area (Å²) in [7, 11) is -3.53. The molecule has 1 saturated heterocycles. The van der Waals surface area contributed by atoms with E-state index in [2.05, 4.69) is 37.8 Å². The van der Waals surface area contributed by atoms with E-state index < -0.39 is 10.0 Å². The molecule has 0 aliphatic carbocycles. The molecule has 3 rings (SSSR count). The zero-order valence-corrected chi connectivity index (χ0v) is 19.2. The summed E-state index contributed by atoms with van der Waals surface area (Å²) in [6.07, 6.45) is 0. The molecule has 1 heterocycles. The minimum Gasteiger partial charge on any atom is -0.494 e. The average molecular weight is 417 g/mol. The molecule has 0 bridgehead atoms. The quantitative estimate of drug-likeness (QED) is 0.735. The molecule has 0 atom stereocenters. The van der Waals surface area contributed by atoms with E-state index >= 15 is 0 Å². The Bertz CT molecular complexity index is 984. The molecule has 0 N–H and O–H groups in total. The first-order chi connectivity index (χ1) is 13.6. The number of anilines is 1. The third kappa shape index (κ3) is 4.28. The lowest BCUT2D eigenvalue weighted by atomic mass is 10.0. The van der Waals surface area contributed by atoms with Crippen LogP contribution in [0.3, 0.4) is 0 Å². The number of rotatable bonds is 5. The van der Waals surface area contributed by atoms with Crippen LogP contribution in [-0.4, -0.2) is 45.5 Å². The summed E-state index contributed by atoms with van der Waals surface area (Å²) in [5.74, 6) is 0.749. The van der Waals surface area contributed by atoms with Crippen LogP contribution in [0.4, 0.5) is 5.69 Å². The van der Waals surface area contributed by atoms with Crippen molar-refractivity contribution in [2.45, 2.75) is 46.4 Å². The Hall–Kier alpha value is -2.05. The van der Waals surface area contributed by atoms with Gasteiger partial charge in [-0.2, -0.15) is 4.31 Å². The Labute approximate surface area is 175 Å². The van der Waals surface area contributed by atoms with Gasteiger partial charge in [0.2, 0.25) is 10.0 Å². The van der Waals surface area contributed by atoms with E-state index in [0.717, 1.165) is 16.9 Å². The summed E-state index contributed by atoms with van der Waals surface area (Å²) < 4.78 is 33.9. The van der Waals surface area contributed by atoms with Gasteiger partial charge in [-0.25, -0.2) is 8.42 Å². The fraction of sp³-hybridized carbons (Fsp3) is 0.478. The lowest BCUT2D eigenvalue weighted by Crippen LogP contribution is -2.49. The second-order valence-electron chi connectivity index (χ2n) is 7.95. The van der Waals surface area contributed by atoms with Crippen LogP contribution in [0.5, 0.6) is 5.75 Å². The van der Waals surface area contributed by atoms with E-state index in [1.807, 2.05) is 26.8 Å². The van der Waals surface area contributed by atoms with Crippen molar-refractivity contribution in [1.82, 2.24) is 4.31 Å². The second kappa shape index (κ2) is 8.36. The van der Waals surface area contributed by atoms with Crippen molar-refractivity contribution >= 4 is 15.7 Å². The molecule has 158 valence electrons. The van der Waals surface area contributed by atoms with Crippen LogP contribution in [-0.2, 0) is 10.0 Å². The maximum atomic E-state index is 13.3. The SMILES string of the molecule is CCOc1cc(C)c(S(=O)(=O)N2CCN(c3c(C)cc(C)cc3C)CC2)cc1C. The molecular formula is C23H32N2O3S. The van der Waals surface area contributed by atoms with Gasteiger partial charge in [0.25, 0.3) is 0 Å². The van der Waals surface area contributed by atoms with Crippen molar-refractivity contribution in [3.8, 4) is 5.75 Å². The first-order valence-corrected chi connectivity index (χ1v) is 11.7. The zero-order chi connectivity index (χ0) is 21.3. The lowest BCUT2D eigenvalue weighted by Gasteiger charge is -2.37. The van der Waals surface area contributed by atoms with Gasteiger partial charge in [0.15, 0.2) is 0 Å². The first kappa shape index (κ1) is 21.7. The fourth-order valence-corrected chi connectivity index (χ4v) is 6.03. The number of hydrogen-bond donors (Lipinski definition) is 0. The van der Waals surface area contributed by atoms with Crippen LogP contribution in [0, 0.1) is 34.6 Å². The van der Waals surface area contributed by atoms with E-state index in [-0.39, 0.29) is 0 Å². The van der Waals surface area contributed by atoms with E-state index in [9.17, 15) is 8.42 Å². The first-order valence-electron chi connectivity index (χ1n) is 10.2. The van der Waals surface area contributed by atoms with Crippen LogP contribution < -0.4 is 9.64 Å². The molecular weight excluding hydrogens is 384 g/mol. The maximum absolute atomic E-state index is 13.3. The monoisotopic (exact) mass is 416 g/mol. The number of ether oxygens (including phenoxy) is 1. The molecule has 0 saturated carbocycles. The highest BCUT2D eigenvalue weighted by atomic mass is 32.2. The number of hydrogen-bond acceptors (Lipinski definition) is 4. The molecule has 0 spiro atoms. The highest BCUT2D eigenvalue weighted by molar-refractivity contribution is 7.89. The van der Waals surface area contributed by atoms with Gasteiger partial charge in [-0.3, -0.25) is 0 Å². The highest BCUT2D eigenvalue weighted by Crippen LogP contribution is 2.31. The number of aryl methyl sites for hydroxylation is 5. The van der Waals surface area contributed by atoms with Gasteiger partial charge >= 0.3 is 0 Å². The van der Waals surface area contributed by atoms with Gasteiger partial charge in [0, 0.05) is 31.9 Å². The highest BCUT2D eigenvalue weighted by Gasteiger charge is 2.31. The summed E-state index contributed by atoms with van der Waals surface area (Å²) in [6.45, 7) is 14.9. The number of nitrogens with zero attached hydrogens (tertiary/aromatic N) is 2. The Balaban J connectivity index is 1.81. The van der Waals surface area contributed by atoms with Gasteiger partial charge in [-0.15, -0.1) is 0 Å². The molecule has 0 radical (unpaired) electrons. The molecule has 2 aromatic carbocycles. The van der Waals surface area contributed by atoms with E-state index in [1.54, 1.807) is 10.4 Å². The number of sulfonamides is 1. The third-order valence-electron chi connectivity index (χ3n) is 5.58. The Kier molecular flexibility index (Phi) is 6.24. The average Bonchev–Trinajstić information content (AvgIpc) is 2.64. The number of piperazine rings is 1. The molecule has 5 nitrogen and oxygen atoms in total. The van der Waals surface area contributed by atoms with Crippen LogP contribution >= 0.6 is 0 Å². The molecule has 0 aromatic heterocycles. The van der Waals surface area contributed by atoms with Crippen molar-refractivity contribution in [1.29, 1.82) is 0 Å². The molecule has 1 fully saturated rings. The van der Waals surface area contributed by atoms with Crippen LogP contribution in [0.2, 0.25) is 0 Å². The molecule has 1 aliphatic rings. The van der Waals surface area contributed by atoms with Gasteiger partial charge < -0.3 is 9.64 Å². The van der Waals surface area contributed by atoms with Crippen molar-refractivity contribution in [2.75, 3.05) is 37.7 Å². The van der Waals surface area contributed by atoms with Crippen LogP contribution in [0.25, 0.3) is 0 Å². The van der Waals surface area contributed by atoms with E-state index in [4.69, 9.17) is 4.74 Å². The molecule has 1 aliphatic heterocycles. The summed E-state index contributed by atoms with van der Waals surface area (Å²) in [5.41, 5.74) is 6.56. The molecule has 0 amide bonds. The molecule has 0 unspecified atom stereocenters. The van der Waals surface area contributed by atoms with Gasteiger partial charge in [0.05, 0.1) is 11.5 Å². The molecule has 2 aromatic rings. The Morgan fingerprint density at radius 1 is 0.828 bits per heavy atom. The Morgan fingerprint density at radius 3 is 1.97 bits per heavy atom. The normalized spacial score (nSPS) is 15.6. The molecule has 6 heteroatoms. The summed E-state index contributed by atoms with van der Waals surface area (Å²) in [4.78, 5) is 2.70. The minimum absolute atomic E-state index is 0.384.